The zero-order chi connectivity index (χ0) is 14.6. The number of hydrogen-bond donors (Lipinski definition) is 1. The monoisotopic (exact) mass is 369 g/mol. The number of hydrogen-bond acceptors (Lipinski definition) is 3. The minimum Gasteiger partial charge on any atom is -0.308 e. The molecule has 0 saturated heterocycles. The van der Waals surface area contributed by atoms with Crippen molar-refractivity contribution in [1.29, 1.82) is 0 Å². The standard InChI is InChI=1S/C16H20BrNS2/c1-16(2,3)18-10-12-5-4-6-13(9-12)20-11-15-14(17)7-8-19-15/h4-9,18H,10-11H2,1-3H3. The second kappa shape index (κ2) is 7.12. The third-order valence-corrected chi connectivity index (χ3v) is 5.91. The lowest BCUT2D eigenvalue weighted by atomic mass is 10.1. The third-order valence-electron chi connectivity index (χ3n) is 2.78. The topological polar surface area (TPSA) is 12.0 Å². The smallest absolute Gasteiger partial charge is 0.0337 e. The van der Waals surface area contributed by atoms with Gasteiger partial charge in [0, 0.05) is 32.1 Å². The lowest BCUT2D eigenvalue weighted by molar-refractivity contribution is 0.424. The number of nitrogens with one attached hydrogen (secondary N) is 1. The Hall–Kier alpha value is -0.290. The molecular formula is C16H20BrNS2. The summed E-state index contributed by atoms with van der Waals surface area (Å²) in [5.74, 6) is 1.02. The quantitative estimate of drug-likeness (QED) is 0.679. The van der Waals surface area contributed by atoms with Crippen LogP contribution < -0.4 is 5.32 Å². The normalized spacial score (nSPS) is 11.8. The largest absolute Gasteiger partial charge is 0.308 e. The highest BCUT2D eigenvalue weighted by molar-refractivity contribution is 9.10. The van der Waals surface area contributed by atoms with Crippen LogP contribution in [0.1, 0.15) is 31.2 Å². The number of thioether (sulfide) groups is 1. The summed E-state index contributed by atoms with van der Waals surface area (Å²) in [6, 6.07) is 10.9. The van der Waals surface area contributed by atoms with Crippen molar-refractivity contribution in [2.45, 2.75) is 43.5 Å². The van der Waals surface area contributed by atoms with Crippen molar-refractivity contribution in [2.75, 3.05) is 0 Å². The molecule has 0 fully saturated rings. The van der Waals surface area contributed by atoms with Crippen LogP contribution >= 0.6 is 39.0 Å². The van der Waals surface area contributed by atoms with E-state index in [1.807, 2.05) is 11.8 Å². The predicted octanol–water partition coefficient (Wildman–Crippen LogP) is 5.69. The molecule has 1 heterocycles. The molecule has 0 spiro atoms. The zero-order valence-corrected chi connectivity index (χ0v) is 15.3. The Labute approximate surface area is 138 Å². The maximum atomic E-state index is 3.59. The van der Waals surface area contributed by atoms with Crippen LogP contribution in [0.15, 0.2) is 45.1 Å². The molecule has 20 heavy (non-hydrogen) atoms. The van der Waals surface area contributed by atoms with Crippen LogP contribution in [0.5, 0.6) is 0 Å². The van der Waals surface area contributed by atoms with E-state index in [9.17, 15) is 0 Å². The molecule has 0 aliphatic heterocycles. The van der Waals surface area contributed by atoms with Gasteiger partial charge in [0.05, 0.1) is 0 Å². The van der Waals surface area contributed by atoms with Crippen molar-refractivity contribution in [1.82, 2.24) is 5.32 Å². The van der Waals surface area contributed by atoms with Crippen molar-refractivity contribution in [3.05, 3.63) is 50.6 Å². The lowest BCUT2D eigenvalue weighted by Gasteiger charge is -2.20. The first-order chi connectivity index (χ1) is 9.44. The SMILES string of the molecule is CC(C)(C)NCc1cccc(SCc2sccc2Br)c1. The van der Waals surface area contributed by atoms with E-state index in [2.05, 4.69) is 77.7 Å². The van der Waals surface area contributed by atoms with Gasteiger partial charge in [-0.25, -0.2) is 0 Å². The van der Waals surface area contributed by atoms with Crippen molar-refractivity contribution >= 4 is 39.0 Å². The van der Waals surface area contributed by atoms with E-state index >= 15 is 0 Å². The molecule has 0 radical (unpaired) electrons. The second-order valence-electron chi connectivity index (χ2n) is 5.73. The number of benzene rings is 1. The van der Waals surface area contributed by atoms with Crippen LogP contribution in [0.3, 0.4) is 0 Å². The van der Waals surface area contributed by atoms with Gasteiger partial charge in [0.15, 0.2) is 0 Å². The third kappa shape index (κ3) is 5.24. The van der Waals surface area contributed by atoms with Crippen LogP contribution in [0, 0.1) is 0 Å². The van der Waals surface area contributed by atoms with Gasteiger partial charge in [-0.05, 0) is 65.8 Å². The molecule has 0 bridgehead atoms. The first-order valence-electron chi connectivity index (χ1n) is 6.63. The molecule has 0 saturated carbocycles. The molecule has 0 atom stereocenters. The van der Waals surface area contributed by atoms with Crippen molar-refractivity contribution < 1.29 is 0 Å². The van der Waals surface area contributed by atoms with Crippen LogP contribution in [0.25, 0.3) is 0 Å². The molecular weight excluding hydrogens is 350 g/mol. The summed E-state index contributed by atoms with van der Waals surface area (Å²) < 4.78 is 1.22. The fraction of sp³-hybridized carbons (Fsp3) is 0.375. The summed E-state index contributed by atoms with van der Waals surface area (Å²) in [6.45, 7) is 7.50. The van der Waals surface area contributed by atoms with E-state index in [1.54, 1.807) is 11.3 Å². The first kappa shape index (κ1) is 16.1. The van der Waals surface area contributed by atoms with Gasteiger partial charge in [-0.3, -0.25) is 0 Å². The van der Waals surface area contributed by atoms with E-state index in [0.717, 1.165) is 12.3 Å². The van der Waals surface area contributed by atoms with Gasteiger partial charge in [-0.2, -0.15) is 0 Å². The van der Waals surface area contributed by atoms with Gasteiger partial charge in [0.1, 0.15) is 0 Å². The molecule has 0 unspecified atom stereocenters. The molecule has 0 aliphatic carbocycles. The van der Waals surface area contributed by atoms with E-state index < -0.39 is 0 Å². The van der Waals surface area contributed by atoms with Gasteiger partial charge < -0.3 is 5.32 Å². The second-order valence-corrected chi connectivity index (χ2v) is 8.64. The molecule has 2 aromatic rings. The van der Waals surface area contributed by atoms with E-state index in [1.165, 1.54) is 19.8 Å². The van der Waals surface area contributed by atoms with E-state index in [4.69, 9.17) is 0 Å². The summed E-state index contributed by atoms with van der Waals surface area (Å²) in [5, 5.41) is 5.66. The zero-order valence-electron chi connectivity index (χ0n) is 12.1. The van der Waals surface area contributed by atoms with Gasteiger partial charge in [0.2, 0.25) is 0 Å². The highest BCUT2D eigenvalue weighted by atomic mass is 79.9. The highest BCUT2D eigenvalue weighted by Gasteiger charge is 2.08. The molecule has 108 valence electrons. The Morgan fingerprint density at radius 1 is 1.25 bits per heavy atom. The van der Waals surface area contributed by atoms with Gasteiger partial charge in [0.25, 0.3) is 0 Å². The Kier molecular flexibility index (Phi) is 5.73. The molecule has 0 amide bonds. The fourth-order valence-corrected chi connectivity index (χ4v) is 4.46. The van der Waals surface area contributed by atoms with Crippen LogP contribution in [0.2, 0.25) is 0 Å². The Morgan fingerprint density at radius 2 is 2.05 bits per heavy atom. The minimum atomic E-state index is 0.158. The number of thiophene rings is 1. The molecule has 4 heteroatoms. The van der Waals surface area contributed by atoms with Crippen LogP contribution in [-0.2, 0) is 12.3 Å². The summed E-state index contributed by atoms with van der Waals surface area (Å²) in [6.07, 6.45) is 0. The van der Waals surface area contributed by atoms with Crippen molar-refractivity contribution in [3.63, 3.8) is 0 Å². The van der Waals surface area contributed by atoms with Crippen molar-refractivity contribution in [2.24, 2.45) is 0 Å². The molecule has 1 nitrogen and oxygen atoms in total. The van der Waals surface area contributed by atoms with Gasteiger partial charge >= 0.3 is 0 Å². The summed E-state index contributed by atoms with van der Waals surface area (Å²) >= 11 is 7.29. The predicted molar refractivity (Wildman–Crippen MR) is 94.6 cm³/mol. The summed E-state index contributed by atoms with van der Waals surface area (Å²) in [5.41, 5.74) is 1.50. The summed E-state index contributed by atoms with van der Waals surface area (Å²) in [7, 11) is 0. The lowest BCUT2D eigenvalue weighted by Crippen LogP contribution is -2.35. The average Bonchev–Trinajstić information content (AvgIpc) is 2.79. The maximum absolute atomic E-state index is 3.59. The molecule has 2 rings (SSSR count). The van der Waals surface area contributed by atoms with Crippen molar-refractivity contribution in [3.8, 4) is 0 Å². The molecule has 0 aliphatic rings. The first-order valence-corrected chi connectivity index (χ1v) is 9.28. The van der Waals surface area contributed by atoms with Gasteiger partial charge in [-0.1, -0.05) is 12.1 Å². The highest BCUT2D eigenvalue weighted by Crippen LogP contribution is 2.30. The molecule has 1 aromatic carbocycles. The Bertz CT molecular complexity index is 558. The van der Waals surface area contributed by atoms with E-state index in [0.29, 0.717) is 0 Å². The molecule has 1 N–H and O–H groups in total. The molecule has 1 aromatic heterocycles. The summed E-state index contributed by atoms with van der Waals surface area (Å²) in [4.78, 5) is 2.73. The van der Waals surface area contributed by atoms with Crippen LogP contribution in [-0.4, -0.2) is 5.54 Å². The Morgan fingerprint density at radius 3 is 2.70 bits per heavy atom. The Balaban J connectivity index is 1.94. The van der Waals surface area contributed by atoms with Gasteiger partial charge in [-0.15, -0.1) is 23.1 Å². The number of rotatable bonds is 5. The maximum Gasteiger partial charge on any atom is 0.0337 e. The van der Waals surface area contributed by atoms with Crippen LogP contribution in [0.4, 0.5) is 0 Å². The fourth-order valence-electron chi connectivity index (χ4n) is 1.69. The van der Waals surface area contributed by atoms with E-state index in [-0.39, 0.29) is 5.54 Å². The number of halogens is 1. The minimum absolute atomic E-state index is 0.158. The average molecular weight is 370 g/mol.